The number of hydrogen-bond donors (Lipinski definition) is 2. The zero-order valence-electron chi connectivity index (χ0n) is 11.5. The van der Waals surface area contributed by atoms with Gasteiger partial charge in [-0.25, -0.2) is 4.79 Å². The average molecular weight is 254 g/mol. The largest absolute Gasteiger partial charge is 0.465 e. The minimum atomic E-state index is -0.316. The molecule has 18 heavy (non-hydrogen) atoms. The molecule has 5 heteroatoms. The fourth-order valence-corrected chi connectivity index (χ4v) is 1.84. The summed E-state index contributed by atoms with van der Waals surface area (Å²) >= 11 is 0. The number of aromatic nitrogens is 1. The molecular weight excluding hydrogens is 232 g/mol. The Labute approximate surface area is 108 Å². The Balaban J connectivity index is 2.81. The monoisotopic (exact) mass is 254 g/mol. The quantitative estimate of drug-likeness (QED) is 0.743. The van der Waals surface area contributed by atoms with E-state index in [4.69, 9.17) is 9.84 Å². The molecule has 0 fully saturated rings. The highest BCUT2D eigenvalue weighted by Gasteiger charge is 2.16. The molecule has 0 saturated carbocycles. The van der Waals surface area contributed by atoms with Crippen molar-refractivity contribution in [3.63, 3.8) is 0 Å². The second-order valence-electron chi connectivity index (χ2n) is 4.35. The van der Waals surface area contributed by atoms with Crippen LogP contribution in [0.3, 0.4) is 0 Å². The zero-order chi connectivity index (χ0) is 13.7. The number of ether oxygens (including phenoxy) is 1. The molecule has 0 aliphatic heterocycles. The highest BCUT2D eigenvalue weighted by molar-refractivity contribution is 5.91. The van der Waals surface area contributed by atoms with Crippen molar-refractivity contribution in [2.45, 2.75) is 32.9 Å². The van der Waals surface area contributed by atoms with Crippen LogP contribution >= 0.6 is 0 Å². The summed E-state index contributed by atoms with van der Waals surface area (Å²) in [6.07, 6.45) is 0.865. The highest BCUT2D eigenvalue weighted by atomic mass is 16.5. The van der Waals surface area contributed by atoms with Crippen molar-refractivity contribution in [2.24, 2.45) is 7.05 Å². The molecule has 1 rings (SSSR count). The molecule has 102 valence electrons. The third-order valence-electron chi connectivity index (χ3n) is 3.33. The van der Waals surface area contributed by atoms with Gasteiger partial charge in [0.25, 0.3) is 0 Å². The molecule has 0 spiro atoms. The van der Waals surface area contributed by atoms with Crippen molar-refractivity contribution in [2.75, 3.05) is 13.7 Å². The number of carbonyl (C=O) groups excluding carboxylic acids is 1. The first-order valence-electron chi connectivity index (χ1n) is 6.12. The summed E-state index contributed by atoms with van der Waals surface area (Å²) in [4.78, 5) is 11.6. The van der Waals surface area contributed by atoms with Gasteiger partial charge < -0.3 is 19.7 Å². The lowest BCUT2D eigenvalue weighted by Crippen LogP contribution is -2.31. The number of carbonyl (C=O) groups is 1. The van der Waals surface area contributed by atoms with Gasteiger partial charge in [-0.1, -0.05) is 6.92 Å². The Morgan fingerprint density at radius 2 is 2.28 bits per heavy atom. The number of esters is 1. The second kappa shape index (κ2) is 6.56. The fraction of sp³-hybridized carbons (Fsp3) is 0.615. The number of rotatable bonds is 6. The van der Waals surface area contributed by atoms with Gasteiger partial charge in [0.05, 0.1) is 19.3 Å². The van der Waals surface area contributed by atoms with Crippen LogP contribution in [-0.4, -0.2) is 35.4 Å². The molecule has 1 unspecified atom stereocenters. The predicted molar refractivity (Wildman–Crippen MR) is 69.5 cm³/mol. The first-order chi connectivity index (χ1) is 8.54. The minimum absolute atomic E-state index is 0.0850. The topological polar surface area (TPSA) is 63.5 Å². The Morgan fingerprint density at radius 3 is 2.78 bits per heavy atom. The van der Waals surface area contributed by atoms with Crippen molar-refractivity contribution in [1.82, 2.24) is 9.88 Å². The number of nitrogens with zero attached hydrogens (tertiary/aromatic N) is 1. The Hall–Kier alpha value is -1.33. The van der Waals surface area contributed by atoms with Gasteiger partial charge in [-0.05, 0) is 19.4 Å². The van der Waals surface area contributed by atoms with Gasteiger partial charge >= 0.3 is 5.97 Å². The van der Waals surface area contributed by atoms with Crippen LogP contribution in [0, 0.1) is 6.92 Å². The van der Waals surface area contributed by atoms with Gasteiger partial charge in [-0.2, -0.15) is 0 Å². The summed E-state index contributed by atoms with van der Waals surface area (Å²) in [5.74, 6) is -0.316. The highest BCUT2D eigenvalue weighted by Crippen LogP contribution is 2.15. The van der Waals surface area contributed by atoms with E-state index < -0.39 is 0 Å². The van der Waals surface area contributed by atoms with Crippen LogP contribution in [0.25, 0.3) is 0 Å². The lowest BCUT2D eigenvalue weighted by molar-refractivity contribution is 0.0600. The van der Waals surface area contributed by atoms with E-state index >= 15 is 0 Å². The van der Waals surface area contributed by atoms with Crippen LogP contribution in [0.1, 0.15) is 35.1 Å². The summed E-state index contributed by atoms with van der Waals surface area (Å²) in [6.45, 7) is 4.64. The minimum Gasteiger partial charge on any atom is -0.465 e. The maximum Gasteiger partial charge on any atom is 0.339 e. The predicted octanol–water partition coefficient (Wildman–Crippen LogP) is 0.981. The lowest BCUT2D eigenvalue weighted by atomic mass is 10.2. The number of nitrogens with one attached hydrogen (secondary N) is 1. The first kappa shape index (κ1) is 14.7. The number of aliphatic hydroxyl groups is 1. The van der Waals surface area contributed by atoms with E-state index in [1.165, 1.54) is 7.11 Å². The maximum atomic E-state index is 11.6. The third kappa shape index (κ3) is 3.11. The molecule has 1 atom stereocenters. The summed E-state index contributed by atoms with van der Waals surface area (Å²) in [5.41, 5.74) is 2.48. The summed E-state index contributed by atoms with van der Waals surface area (Å²) < 4.78 is 6.70. The third-order valence-corrected chi connectivity index (χ3v) is 3.33. The Bertz CT molecular complexity index is 409. The number of methoxy groups -OCH3 is 1. The standard InChI is InChI=1S/C13H22N2O3/c1-5-10(8-16)14-7-11-6-12(13(17)18-4)9(2)15(11)3/h6,10,14,16H,5,7-8H2,1-4H3. The van der Waals surface area contributed by atoms with Crippen LogP contribution in [-0.2, 0) is 18.3 Å². The van der Waals surface area contributed by atoms with E-state index in [2.05, 4.69) is 5.32 Å². The van der Waals surface area contributed by atoms with Crippen LogP contribution in [0.5, 0.6) is 0 Å². The molecule has 1 aromatic rings. The van der Waals surface area contributed by atoms with Crippen LogP contribution in [0.4, 0.5) is 0 Å². The lowest BCUT2D eigenvalue weighted by Gasteiger charge is -2.14. The van der Waals surface area contributed by atoms with Gasteiger partial charge in [0.1, 0.15) is 0 Å². The van der Waals surface area contributed by atoms with Crippen molar-refractivity contribution in [3.8, 4) is 0 Å². The number of hydrogen-bond acceptors (Lipinski definition) is 4. The normalized spacial score (nSPS) is 12.5. The van der Waals surface area contributed by atoms with Crippen LogP contribution in [0.2, 0.25) is 0 Å². The van der Waals surface area contributed by atoms with Gasteiger partial charge in [0.15, 0.2) is 0 Å². The molecule has 0 amide bonds. The summed E-state index contributed by atoms with van der Waals surface area (Å²) in [6, 6.07) is 1.92. The van der Waals surface area contributed by atoms with Crippen molar-refractivity contribution < 1.29 is 14.6 Å². The van der Waals surface area contributed by atoms with Crippen molar-refractivity contribution in [3.05, 3.63) is 23.0 Å². The van der Waals surface area contributed by atoms with E-state index in [0.717, 1.165) is 17.8 Å². The van der Waals surface area contributed by atoms with Gasteiger partial charge in [-0.15, -0.1) is 0 Å². The summed E-state index contributed by atoms with van der Waals surface area (Å²) in [5, 5.41) is 12.4. The van der Waals surface area contributed by atoms with E-state index in [-0.39, 0.29) is 18.6 Å². The molecular formula is C13H22N2O3. The second-order valence-corrected chi connectivity index (χ2v) is 4.35. The number of aliphatic hydroxyl groups excluding tert-OH is 1. The van der Waals surface area contributed by atoms with E-state index in [1.807, 2.05) is 31.5 Å². The molecule has 0 bridgehead atoms. The van der Waals surface area contributed by atoms with Crippen LogP contribution in [0.15, 0.2) is 6.07 Å². The maximum absolute atomic E-state index is 11.6. The van der Waals surface area contributed by atoms with E-state index in [9.17, 15) is 4.79 Å². The van der Waals surface area contributed by atoms with Crippen molar-refractivity contribution >= 4 is 5.97 Å². The summed E-state index contributed by atoms with van der Waals surface area (Å²) in [7, 11) is 3.30. The molecule has 5 nitrogen and oxygen atoms in total. The molecule has 0 aliphatic rings. The van der Waals surface area contributed by atoms with E-state index in [0.29, 0.717) is 12.1 Å². The zero-order valence-corrected chi connectivity index (χ0v) is 11.5. The molecule has 0 aliphatic carbocycles. The first-order valence-corrected chi connectivity index (χ1v) is 6.12. The molecule has 1 heterocycles. The fourth-order valence-electron chi connectivity index (χ4n) is 1.84. The molecule has 0 radical (unpaired) electrons. The van der Waals surface area contributed by atoms with Crippen LogP contribution < -0.4 is 5.32 Å². The smallest absolute Gasteiger partial charge is 0.339 e. The van der Waals surface area contributed by atoms with Crippen molar-refractivity contribution in [1.29, 1.82) is 0 Å². The molecule has 1 aromatic heterocycles. The van der Waals surface area contributed by atoms with E-state index in [1.54, 1.807) is 0 Å². The van der Waals surface area contributed by atoms with Gasteiger partial charge in [0, 0.05) is 31.0 Å². The molecule has 0 saturated heterocycles. The van der Waals surface area contributed by atoms with Gasteiger partial charge in [0.2, 0.25) is 0 Å². The van der Waals surface area contributed by atoms with Gasteiger partial charge in [-0.3, -0.25) is 0 Å². The SMILES string of the molecule is CCC(CO)NCc1cc(C(=O)OC)c(C)n1C. The molecule has 2 N–H and O–H groups in total. The Kier molecular flexibility index (Phi) is 5.37. The molecule has 0 aromatic carbocycles. The Morgan fingerprint density at radius 1 is 1.61 bits per heavy atom. The average Bonchev–Trinajstić information content (AvgIpc) is 2.67.